The first kappa shape index (κ1) is 40.8. The van der Waals surface area contributed by atoms with E-state index in [4.69, 9.17) is 0 Å². The molecule has 2 heteroatoms. The quantitative estimate of drug-likeness (QED) is 0.164. The molecule has 0 unspecified atom stereocenters. The van der Waals surface area contributed by atoms with Crippen molar-refractivity contribution in [1.82, 2.24) is 0 Å². The van der Waals surface area contributed by atoms with Crippen molar-refractivity contribution in [2.24, 2.45) is 0 Å². The van der Waals surface area contributed by atoms with E-state index in [1.54, 1.807) is 0 Å². The van der Waals surface area contributed by atoms with Crippen molar-refractivity contribution < 1.29 is 0 Å². The van der Waals surface area contributed by atoms with Gasteiger partial charge in [-0.2, -0.15) is 0 Å². The fourth-order valence-electron chi connectivity index (χ4n) is 12.0. The second-order valence-corrected chi connectivity index (χ2v) is 18.8. The van der Waals surface area contributed by atoms with Crippen molar-refractivity contribution in [2.45, 2.75) is 5.41 Å². The summed E-state index contributed by atoms with van der Waals surface area (Å²) in [6.07, 6.45) is 4.60. The zero-order valence-corrected chi connectivity index (χ0v) is 39.0. The summed E-state index contributed by atoms with van der Waals surface area (Å²) in [5.74, 6) is 0. The Morgan fingerprint density at radius 2 is 0.746 bits per heavy atom. The van der Waals surface area contributed by atoms with Crippen LogP contribution in [0, 0.1) is 0 Å². The van der Waals surface area contributed by atoms with Gasteiger partial charge in [-0.15, -0.1) is 0 Å². The van der Waals surface area contributed by atoms with Crippen LogP contribution < -0.4 is 9.80 Å². The third-order valence-corrected chi connectivity index (χ3v) is 15.1. The highest BCUT2D eigenvalue weighted by Crippen LogP contribution is 2.60. The maximum Gasteiger partial charge on any atom is 0.0725 e. The standard InChI is InChI=1S/C69H46N2/c1-3-18-47(19-4-1)48-36-40-53(41-37-48)70(55-44-45-67-61(46-55)58-25-10-9-24-57(58)59-26-12-16-33-66(59)71(67)52-22-5-2-6-23-52)54-42-38-49(39-43-54)56-28-17-32-65-68(56)60-27-11-15-31-64(60)69(65)62-29-13-7-20-50(62)34-35-51-21-8-14-30-63(51)69/h1-46H. The van der Waals surface area contributed by atoms with E-state index in [-0.39, 0.29) is 0 Å². The minimum atomic E-state index is -0.483. The lowest BCUT2D eigenvalue weighted by molar-refractivity contribution is 0.766. The summed E-state index contributed by atoms with van der Waals surface area (Å²) in [7, 11) is 0. The number of nitrogens with zero attached hydrogens (tertiary/aromatic N) is 2. The van der Waals surface area contributed by atoms with Gasteiger partial charge in [0.1, 0.15) is 0 Å². The Morgan fingerprint density at radius 1 is 0.282 bits per heavy atom. The van der Waals surface area contributed by atoms with Crippen LogP contribution in [-0.4, -0.2) is 0 Å². The lowest BCUT2D eigenvalue weighted by atomic mass is 9.66. The van der Waals surface area contributed by atoms with Crippen LogP contribution in [0.1, 0.15) is 33.4 Å². The van der Waals surface area contributed by atoms with Crippen LogP contribution in [0.25, 0.3) is 67.8 Å². The molecule has 0 atom stereocenters. The van der Waals surface area contributed by atoms with E-state index in [0.29, 0.717) is 0 Å². The molecule has 0 aromatic heterocycles. The van der Waals surface area contributed by atoms with Crippen LogP contribution in [0.3, 0.4) is 0 Å². The van der Waals surface area contributed by atoms with Gasteiger partial charge in [0.2, 0.25) is 0 Å². The summed E-state index contributed by atoms with van der Waals surface area (Å²) in [6, 6.07) is 98.4. The Kier molecular flexibility index (Phi) is 9.47. The van der Waals surface area contributed by atoms with E-state index >= 15 is 0 Å². The lowest BCUT2D eigenvalue weighted by Gasteiger charge is -2.35. The number of fused-ring (bicyclic) bond motifs is 14. The van der Waals surface area contributed by atoms with Crippen LogP contribution in [0.15, 0.2) is 267 Å². The highest BCUT2D eigenvalue weighted by molar-refractivity contribution is 6.04. The molecule has 0 N–H and O–H groups in total. The summed E-state index contributed by atoms with van der Waals surface area (Å²) in [4.78, 5) is 4.84. The number of para-hydroxylation sites is 2. The summed E-state index contributed by atoms with van der Waals surface area (Å²) in [5.41, 5.74) is 26.1. The van der Waals surface area contributed by atoms with Gasteiger partial charge in [-0.05, 0) is 139 Å². The molecule has 2 nitrogen and oxygen atoms in total. The number of benzene rings is 11. The summed E-state index contributed by atoms with van der Waals surface area (Å²) < 4.78 is 0. The number of hydrogen-bond donors (Lipinski definition) is 0. The number of rotatable bonds is 6. The molecular formula is C69H46N2. The van der Waals surface area contributed by atoms with E-state index in [1.807, 2.05) is 0 Å². The maximum atomic E-state index is 2.42. The van der Waals surface area contributed by atoms with Crippen molar-refractivity contribution in [3.05, 3.63) is 300 Å². The molecule has 11 aromatic rings. The van der Waals surface area contributed by atoms with Gasteiger partial charge in [0, 0.05) is 33.9 Å². The van der Waals surface area contributed by atoms with Crippen molar-refractivity contribution in [2.75, 3.05) is 9.80 Å². The molecule has 71 heavy (non-hydrogen) atoms. The molecule has 1 aliphatic heterocycles. The molecule has 2 aliphatic carbocycles. The zero-order chi connectivity index (χ0) is 46.9. The Morgan fingerprint density at radius 3 is 1.42 bits per heavy atom. The molecule has 0 saturated carbocycles. The van der Waals surface area contributed by atoms with Gasteiger partial charge in [-0.3, -0.25) is 0 Å². The molecule has 0 fully saturated rings. The first-order valence-corrected chi connectivity index (χ1v) is 24.6. The third kappa shape index (κ3) is 6.35. The minimum Gasteiger partial charge on any atom is -0.310 e. The largest absolute Gasteiger partial charge is 0.310 e. The first-order valence-electron chi connectivity index (χ1n) is 24.6. The van der Waals surface area contributed by atoms with Crippen LogP contribution in [-0.2, 0) is 5.41 Å². The molecule has 0 saturated heterocycles. The molecule has 0 bridgehead atoms. The molecule has 1 spiro atoms. The van der Waals surface area contributed by atoms with E-state index in [9.17, 15) is 0 Å². The monoisotopic (exact) mass is 902 g/mol. The first-order chi connectivity index (χ1) is 35.2. The second kappa shape index (κ2) is 16.5. The predicted octanol–water partition coefficient (Wildman–Crippen LogP) is 18.5. The third-order valence-electron chi connectivity index (χ3n) is 15.1. The van der Waals surface area contributed by atoms with Crippen LogP contribution in [0.4, 0.5) is 34.1 Å². The Bertz CT molecular complexity index is 3820. The Hall–Kier alpha value is -9.24. The highest BCUT2D eigenvalue weighted by atomic mass is 15.2. The molecular weight excluding hydrogens is 857 g/mol. The Labute approximate surface area is 415 Å². The molecule has 3 aliphatic rings. The number of hydrogen-bond acceptors (Lipinski definition) is 2. The van der Waals surface area contributed by atoms with Crippen LogP contribution in [0.2, 0.25) is 0 Å². The summed E-state index contributed by atoms with van der Waals surface area (Å²) in [5, 5.41) is 0. The normalized spacial score (nSPS) is 13.1. The van der Waals surface area contributed by atoms with Gasteiger partial charge in [0.25, 0.3) is 0 Å². The van der Waals surface area contributed by atoms with Crippen molar-refractivity contribution in [3.63, 3.8) is 0 Å². The Balaban J connectivity index is 0.943. The molecule has 332 valence electrons. The molecule has 0 radical (unpaired) electrons. The minimum absolute atomic E-state index is 0.483. The van der Waals surface area contributed by atoms with Crippen molar-refractivity contribution in [3.8, 4) is 55.6 Å². The van der Waals surface area contributed by atoms with Crippen LogP contribution in [0.5, 0.6) is 0 Å². The molecule has 11 aromatic carbocycles. The fraction of sp³-hybridized carbons (Fsp3) is 0.0145. The van der Waals surface area contributed by atoms with Crippen LogP contribution >= 0.6 is 0 Å². The van der Waals surface area contributed by atoms with Gasteiger partial charge in [-0.1, -0.05) is 218 Å². The number of anilines is 6. The zero-order valence-electron chi connectivity index (χ0n) is 39.0. The van der Waals surface area contributed by atoms with Gasteiger partial charge in [0.05, 0.1) is 16.8 Å². The van der Waals surface area contributed by atoms with E-state index in [2.05, 4.69) is 289 Å². The van der Waals surface area contributed by atoms with E-state index < -0.39 is 5.41 Å². The van der Waals surface area contributed by atoms with Gasteiger partial charge in [0.15, 0.2) is 0 Å². The maximum absolute atomic E-state index is 2.42. The van der Waals surface area contributed by atoms with Gasteiger partial charge >= 0.3 is 0 Å². The van der Waals surface area contributed by atoms with E-state index in [1.165, 1.54) is 89.0 Å². The van der Waals surface area contributed by atoms with E-state index in [0.717, 1.165) is 34.1 Å². The highest BCUT2D eigenvalue weighted by Gasteiger charge is 2.49. The van der Waals surface area contributed by atoms with Gasteiger partial charge < -0.3 is 9.80 Å². The molecule has 14 rings (SSSR count). The van der Waals surface area contributed by atoms with Crippen molar-refractivity contribution in [1.29, 1.82) is 0 Å². The topological polar surface area (TPSA) is 6.48 Å². The smallest absolute Gasteiger partial charge is 0.0725 e. The summed E-state index contributed by atoms with van der Waals surface area (Å²) >= 11 is 0. The average Bonchev–Trinajstić information content (AvgIpc) is 3.57. The van der Waals surface area contributed by atoms with Gasteiger partial charge in [-0.25, -0.2) is 0 Å². The summed E-state index contributed by atoms with van der Waals surface area (Å²) in [6.45, 7) is 0. The van der Waals surface area contributed by atoms with Crippen molar-refractivity contribution >= 4 is 46.3 Å². The average molecular weight is 903 g/mol. The lowest BCUT2D eigenvalue weighted by Crippen LogP contribution is -2.29. The molecule has 0 amide bonds. The predicted molar refractivity (Wildman–Crippen MR) is 297 cm³/mol. The molecule has 1 heterocycles. The second-order valence-electron chi connectivity index (χ2n) is 18.8. The SMILES string of the molecule is C1=Cc2ccccc2C2(c3ccccc31)c1ccccc1-c1c(-c3ccc(N(c4ccc(-c5ccccc5)cc4)c4ccc5c(c4)-c4ccccc4-c4ccccc4N5c4ccccc4)cc3)cccc12. The fourth-order valence-corrected chi connectivity index (χ4v) is 12.0.